The van der Waals surface area contributed by atoms with Gasteiger partial charge in [0.25, 0.3) is 0 Å². The first-order valence-electron chi connectivity index (χ1n) is 12.4. The first kappa shape index (κ1) is 22.5. The molecule has 4 aliphatic rings. The van der Waals surface area contributed by atoms with Gasteiger partial charge in [-0.05, 0) is 66.5 Å². The van der Waals surface area contributed by atoms with Gasteiger partial charge in [0.2, 0.25) is 0 Å². The van der Waals surface area contributed by atoms with Gasteiger partial charge in [-0.3, -0.25) is 4.79 Å². The number of esters is 1. The number of nitrogens with zero attached hydrogens (tertiary/aromatic N) is 1. The van der Waals surface area contributed by atoms with Gasteiger partial charge in [-0.15, -0.1) is 0 Å². The van der Waals surface area contributed by atoms with Crippen LogP contribution in [0.5, 0.6) is 5.75 Å². The number of aliphatic hydroxyl groups is 1. The van der Waals surface area contributed by atoms with Crippen LogP contribution in [-0.2, 0) is 16.1 Å². The van der Waals surface area contributed by atoms with Crippen LogP contribution in [0, 0.1) is 57.2 Å². The van der Waals surface area contributed by atoms with Crippen LogP contribution in [0.15, 0.2) is 35.9 Å². The highest BCUT2D eigenvalue weighted by atomic mass is 16.5. The van der Waals surface area contributed by atoms with Crippen molar-refractivity contribution in [2.75, 3.05) is 13.7 Å². The van der Waals surface area contributed by atoms with Crippen molar-refractivity contribution in [2.24, 2.45) is 45.8 Å². The molecule has 0 unspecified atom stereocenters. The molecule has 0 radical (unpaired) electrons. The fourth-order valence-electron chi connectivity index (χ4n) is 8.52. The summed E-state index contributed by atoms with van der Waals surface area (Å²) in [5.74, 6) is 1.67. The van der Waals surface area contributed by atoms with Crippen molar-refractivity contribution in [1.82, 2.24) is 0 Å². The topological polar surface area (TPSA) is 79.5 Å². The summed E-state index contributed by atoms with van der Waals surface area (Å²) in [5.41, 5.74) is -0.615. The summed E-state index contributed by atoms with van der Waals surface area (Å²) in [6.45, 7) is 6.55. The van der Waals surface area contributed by atoms with E-state index in [1.165, 1.54) is 0 Å². The SMILES string of the molecule is COc1ccc(COC(=O)[C@@]23C(C(C)C)=C[C@H]4C[C@]2(C#N)[C@@H]2CC[C@@H](C)[C@H]2C[C@]43CO)cc1. The minimum absolute atomic E-state index is 0.0471. The quantitative estimate of drug-likeness (QED) is 0.494. The molecule has 5 rings (SSSR count). The molecule has 176 valence electrons. The van der Waals surface area contributed by atoms with Crippen LogP contribution >= 0.6 is 0 Å². The van der Waals surface area contributed by atoms with Crippen molar-refractivity contribution in [1.29, 1.82) is 5.26 Å². The van der Waals surface area contributed by atoms with Crippen LogP contribution in [0.25, 0.3) is 0 Å². The number of methoxy groups -OCH3 is 1. The standard InChI is InChI=1S/C28H35NO4/c1-17(2)24-11-20-12-26(15-29)23-10-5-18(3)22(23)13-27(20,16-30)28(24,26)25(31)33-14-19-6-8-21(32-4)9-7-19/h6-9,11,17-18,20,22-23,30H,5,10,12-14,16H2,1-4H3/t18-,20+,22-,23-,26+,27+,28+/m1/s1. The largest absolute Gasteiger partial charge is 0.497 e. The zero-order valence-corrected chi connectivity index (χ0v) is 20.1. The summed E-state index contributed by atoms with van der Waals surface area (Å²) in [7, 11) is 1.62. The van der Waals surface area contributed by atoms with E-state index in [0.29, 0.717) is 18.3 Å². The van der Waals surface area contributed by atoms with Crippen LogP contribution in [0.1, 0.15) is 52.0 Å². The monoisotopic (exact) mass is 449 g/mol. The molecule has 5 heteroatoms. The van der Waals surface area contributed by atoms with Crippen molar-refractivity contribution in [3.63, 3.8) is 0 Å². The molecule has 0 saturated heterocycles. The molecule has 1 aromatic rings. The molecule has 1 aromatic carbocycles. The molecule has 0 amide bonds. The predicted molar refractivity (Wildman–Crippen MR) is 124 cm³/mol. The lowest BCUT2D eigenvalue weighted by molar-refractivity contribution is -0.184. The normalized spacial score (nSPS) is 40.3. The smallest absolute Gasteiger partial charge is 0.318 e. The molecular weight excluding hydrogens is 414 g/mol. The van der Waals surface area contributed by atoms with E-state index >= 15 is 0 Å². The summed E-state index contributed by atoms with van der Waals surface area (Å²) in [4.78, 5) is 14.3. The second-order valence-electron chi connectivity index (χ2n) is 11.2. The summed E-state index contributed by atoms with van der Waals surface area (Å²) in [5, 5.41) is 21.8. The molecule has 0 aliphatic heterocycles. The average molecular weight is 450 g/mol. The van der Waals surface area contributed by atoms with Crippen LogP contribution < -0.4 is 4.74 Å². The fraction of sp³-hybridized carbons (Fsp3) is 0.643. The predicted octanol–water partition coefficient (Wildman–Crippen LogP) is 4.90. The molecular formula is C28H35NO4. The lowest BCUT2D eigenvalue weighted by Crippen LogP contribution is -2.62. The van der Waals surface area contributed by atoms with Gasteiger partial charge in [0.1, 0.15) is 17.8 Å². The number of rotatable bonds is 6. The van der Waals surface area contributed by atoms with Gasteiger partial charge in [-0.2, -0.15) is 5.26 Å². The molecule has 3 fully saturated rings. The van der Waals surface area contributed by atoms with Gasteiger partial charge in [0, 0.05) is 5.41 Å². The van der Waals surface area contributed by atoms with E-state index in [-0.39, 0.29) is 36.9 Å². The van der Waals surface area contributed by atoms with Gasteiger partial charge < -0.3 is 14.6 Å². The Bertz CT molecular complexity index is 1020. The number of allylic oxidation sites excluding steroid dienone is 1. The van der Waals surface area contributed by atoms with E-state index in [1.807, 2.05) is 24.3 Å². The Morgan fingerprint density at radius 3 is 2.58 bits per heavy atom. The Kier molecular flexibility index (Phi) is 5.17. The highest BCUT2D eigenvalue weighted by molar-refractivity contribution is 5.87. The fourth-order valence-corrected chi connectivity index (χ4v) is 8.52. The van der Waals surface area contributed by atoms with Gasteiger partial charge in [0.05, 0.1) is 25.2 Å². The first-order chi connectivity index (χ1) is 15.8. The number of hydrogen-bond donors (Lipinski definition) is 1. The third-order valence-corrected chi connectivity index (χ3v) is 9.83. The summed E-state index contributed by atoms with van der Waals surface area (Å²) >= 11 is 0. The van der Waals surface area contributed by atoms with Crippen molar-refractivity contribution in [2.45, 2.75) is 53.1 Å². The number of nitriles is 1. The third-order valence-electron chi connectivity index (χ3n) is 9.83. The highest BCUT2D eigenvalue weighted by Gasteiger charge is 2.84. The number of carbonyl (C=O) groups is 1. The van der Waals surface area contributed by atoms with Crippen LogP contribution in [0.4, 0.5) is 0 Å². The minimum Gasteiger partial charge on any atom is -0.497 e. The molecule has 0 spiro atoms. The number of aliphatic hydroxyl groups excluding tert-OH is 1. The maximum Gasteiger partial charge on any atom is 0.318 e. The van der Waals surface area contributed by atoms with E-state index in [9.17, 15) is 15.2 Å². The molecule has 0 heterocycles. The number of fused-ring (bicyclic) bond motifs is 2. The molecule has 5 nitrogen and oxygen atoms in total. The zero-order chi connectivity index (χ0) is 23.6. The van der Waals surface area contributed by atoms with Crippen molar-refractivity contribution in [3.8, 4) is 11.8 Å². The maximum atomic E-state index is 14.3. The molecule has 0 aromatic heterocycles. The van der Waals surface area contributed by atoms with Gasteiger partial charge in [-0.1, -0.05) is 51.0 Å². The van der Waals surface area contributed by atoms with E-state index < -0.39 is 16.2 Å². The van der Waals surface area contributed by atoms with Crippen molar-refractivity contribution < 1.29 is 19.4 Å². The summed E-state index contributed by atoms with van der Waals surface area (Å²) in [6, 6.07) is 10.2. The summed E-state index contributed by atoms with van der Waals surface area (Å²) in [6.07, 6.45) is 5.76. The lowest BCUT2D eigenvalue weighted by Gasteiger charge is -2.57. The Hall–Kier alpha value is -2.32. The number of hydrogen-bond acceptors (Lipinski definition) is 5. The van der Waals surface area contributed by atoms with Gasteiger partial charge >= 0.3 is 5.97 Å². The molecule has 4 aliphatic carbocycles. The second kappa shape index (κ2) is 7.60. The molecule has 3 saturated carbocycles. The number of benzene rings is 1. The number of carbonyl (C=O) groups excluding carboxylic acids is 1. The Morgan fingerprint density at radius 2 is 1.97 bits per heavy atom. The molecule has 1 N–H and O–H groups in total. The Morgan fingerprint density at radius 1 is 1.24 bits per heavy atom. The minimum atomic E-state index is -1.07. The second-order valence-corrected chi connectivity index (χ2v) is 11.2. The van der Waals surface area contributed by atoms with E-state index in [1.54, 1.807) is 7.11 Å². The maximum absolute atomic E-state index is 14.3. The van der Waals surface area contributed by atoms with Crippen LogP contribution in [-0.4, -0.2) is 24.8 Å². The van der Waals surface area contributed by atoms with Crippen molar-refractivity contribution >= 4 is 5.97 Å². The van der Waals surface area contributed by atoms with Gasteiger partial charge in [0.15, 0.2) is 0 Å². The van der Waals surface area contributed by atoms with E-state index in [0.717, 1.165) is 36.1 Å². The Balaban J connectivity index is 1.60. The first-order valence-corrected chi connectivity index (χ1v) is 12.4. The van der Waals surface area contributed by atoms with Crippen LogP contribution in [0.3, 0.4) is 0 Å². The van der Waals surface area contributed by atoms with Crippen LogP contribution in [0.2, 0.25) is 0 Å². The third kappa shape index (κ3) is 2.59. The summed E-state index contributed by atoms with van der Waals surface area (Å²) < 4.78 is 11.3. The zero-order valence-electron chi connectivity index (χ0n) is 20.1. The molecule has 7 atom stereocenters. The lowest BCUT2D eigenvalue weighted by atomic mass is 9.43. The van der Waals surface area contributed by atoms with E-state index in [4.69, 9.17) is 9.47 Å². The average Bonchev–Trinajstić information content (AvgIpc) is 3.40. The van der Waals surface area contributed by atoms with Crippen molar-refractivity contribution in [3.05, 3.63) is 41.5 Å². The van der Waals surface area contributed by atoms with E-state index in [2.05, 4.69) is 32.9 Å². The molecule has 33 heavy (non-hydrogen) atoms. The molecule has 4 bridgehead atoms. The highest BCUT2D eigenvalue weighted by Crippen LogP contribution is 2.83. The Labute approximate surface area is 196 Å². The van der Waals surface area contributed by atoms with Gasteiger partial charge in [-0.25, -0.2) is 0 Å². The number of ether oxygens (including phenoxy) is 2.